The summed E-state index contributed by atoms with van der Waals surface area (Å²) in [6.07, 6.45) is -0.267. The van der Waals surface area contributed by atoms with Gasteiger partial charge in [-0.1, -0.05) is 29.8 Å². The van der Waals surface area contributed by atoms with E-state index in [0.29, 0.717) is 27.9 Å². The Morgan fingerprint density at radius 3 is 2.22 bits per heavy atom. The van der Waals surface area contributed by atoms with Gasteiger partial charge in [0.1, 0.15) is 17.2 Å². The first kappa shape index (κ1) is 26.6. The van der Waals surface area contributed by atoms with Crippen molar-refractivity contribution in [2.75, 3.05) is 24.4 Å². The molecule has 0 atom stereocenters. The third-order valence-electron chi connectivity index (χ3n) is 5.12. The number of hydrogen-bond acceptors (Lipinski definition) is 6. The summed E-state index contributed by atoms with van der Waals surface area (Å²) in [5, 5.41) is 5.70. The second-order valence-electron chi connectivity index (χ2n) is 7.95. The van der Waals surface area contributed by atoms with E-state index in [1.807, 2.05) is 32.0 Å². The molecule has 8 nitrogen and oxygen atoms in total. The second kappa shape index (κ2) is 12.6. The van der Waals surface area contributed by atoms with Crippen molar-refractivity contribution in [1.29, 1.82) is 0 Å². The topological polar surface area (TPSA) is 103 Å². The van der Waals surface area contributed by atoms with Crippen molar-refractivity contribution in [1.82, 2.24) is 0 Å². The first-order chi connectivity index (χ1) is 17.2. The quantitative estimate of drug-likeness (QED) is 0.341. The Hall–Kier alpha value is -4.04. The number of hydrogen-bond donors (Lipinski definition) is 2. The average molecular weight is 511 g/mol. The summed E-state index contributed by atoms with van der Waals surface area (Å²) in [6.45, 7) is 3.45. The smallest absolute Gasteiger partial charge is 0.306 e. The zero-order valence-corrected chi connectivity index (χ0v) is 21.0. The Labute approximate surface area is 214 Å². The van der Waals surface area contributed by atoms with E-state index in [0.717, 1.165) is 16.9 Å². The highest BCUT2D eigenvalue weighted by atomic mass is 35.5. The summed E-state index contributed by atoms with van der Waals surface area (Å²) in [6, 6.07) is 17.6. The van der Waals surface area contributed by atoms with E-state index in [1.54, 1.807) is 36.4 Å². The standard InChI is InChI=1S/C27H27ClN2O6/c1-17-5-4-6-18(2)27(17)36-21-10-8-20(9-11-21)29-24(31)13-14-26(33)35-16-25(32)30-22-15-19(28)7-12-23(22)34-3/h4-12,15H,13-14,16H2,1-3H3,(H,29,31)(H,30,32). The number of aryl methyl sites for hydroxylation is 2. The maximum atomic E-state index is 12.2. The van der Waals surface area contributed by atoms with Gasteiger partial charge < -0.3 is 24.8 Å². The number of benzene rings is 3. The van der Waals surface area contributed by atoms with Crippen molar-refractivity contribution in [3.63, 3.8) is 0 Å². The molecule has 0 radical (unpaired) electrons. The summed E-state index contributed by atoms with van der Waals surface area (Å²) >= 11 is 5.93. The molecule has 0 saturated carbocycles. The molecule has 0 saturated heterocycles. The lowest BCUT2D eigenvalue weighted by atomic mass is 10.1. The Bertz CT molecular complexity index is 1220. The largest absolute Gasteiger partial charge is 0.495 e. The predicted molar refractivity (Wildman–Crippen MR) is 138 cm³/mol. The van der Waals surface area contributed by atoms with Crippen molar-refractivity contribution in [3.8, 4) is 17.2 Å². The van der Waals surface area contributed by atoms with Crippen LogP contribution in [0, 0.1) is 13.8 Å². The average Bonchev–Trinajstić information content (AvgIpc) is 2.85. The highest BCUT2D eigenvalue weighted by Crippen LogP contribution is 2.29. The lowest BCUT2D eigenvalue weighted by Gasteiger charge is -2.12. The number of ether oxygens (including phenoxy) is 3. The molecule has 0 aliphatic carbocycles. The summed E-state index contributed by atoms with van der Waals surface area (Å²) in [4.78, 5) is 36.3. The maximum absolute atomic E-state index is 12.2. The Kier molecular flexibility index (Phi) is 9.30. The minimum absolute atomic E-state index is 0.0940. The first-order valence-electron chi connectivity index (χ1n) is 11.2. The van der Waals surface area contributed by atoms with Gasteiger partial charge in [-0.2, -0.15) is 0 Å². The fourth-order valence-corrected chi connectivity index (χ4v) is 3.48. The molecule has 0 bridgehead atoms. The van der Waals surface area contributed by atoms with Crippen LogP contribution < -0.4 is 20.1 Å². The molecular formula is C27H27ClN2O6. The normalized spacial score (nSPS) is 10.3. The molecular weight excluding hydrogens is 484 g/mol. The minimum atomic E-state index is -0.671. The summed E-state index contributed by atoms with van der Waals surface area (Å²) in [5.74, 6) is 0.271. The molecule has 9 heteroatoms. The Morgan fingerprint density at radius 1 is 0.861 bits per heavy atom. The first-order valence-corrected chi connectivity index (χ1v) is 11.6. The van der Waals surface area contributed by atoms with Crippen LogP contribution in [0.15, 0.2) is 60.7 Å². The molecule has 3 aromatic carbocycles. The molecule has 0 fully saturated rings. The van der Waals surface area contributed by atoms with Crippen molar-refractivity contribution in [3.05, 3.63) is 76.8 Å². The summed E-state index contributed by atoms with van der Waals surface area (Å²) in [5.41, 5.74) is 2.98. The second-order valence-corrected chi connectivity index (χ2v) is 8.39. The maximum Gasteiger partial charge on any atom is 0.306 e. The van der Waals surface area contributed by atoms with Crippen LogP contribution >= 0.6 is 11.6 Å². The molecule has 0 heterocycles. The van der Waals surface area contributed by atoms with Crippen molar-refractivity contribution >= 4 is 40.8 Å². The number of amides is 2. The minimum Gasteiger partial charge on any atom is -0.495 e. The van der Waals surface area contributed by atoms with Crippen LogP contribution in [0.1, 0.15) is 24.0 Å². The number of halogens is 1. The zero-order chi connectivity index (χ0) is 26.1. The Balaban J connectivity index is 1.41. The van der Waals surface area contributed by atoms with Crippen LogP contribution in [0.3, 0.4) is 0 Å². The van der Waals surface area contributed by atoms with E-state index in [1.165, 1.54) is 13.2 Å². The van der Waals surface area contributed by atoms with E-state index >= 15 is 0 Å². The number of para-hydroxylation sites is 1. The van der Waals surface area contributed by atoms with Crippen molar-refractivity contribution < 1.29 is 28.6 Å². The molecule has 2 amide bonds. The van der Waals surface area contributed by atoms with E-state index in [9.17, 15) is 14.4 Å². The Morgan fingerprint density at radius 2 is 1.56 bits per heavy atom. The van der Waals surface area contributed by atoms with Gasteiger partial charge in [0.2, 0.25) is 5.91 Å². The predicted octanol–water partition coefficient (Wildman–Crippen LogP) is 5.66. The molecule has 0 spiro atoms. The highest BCUT2D eigenvalue weighted by Gasteiger charge is 2.13. The lowest BCUT2D eigenvalue weighted by Crippen LogP contribution is -2.22. The third-order valence-corrected chi connectivity index (χ3v) is 5.36. The molecule has 188 valence electrons. The van der Waals surface area contributed by atoms with Gasteiger partial charge in [-0.3, -0.25) is 14.4 Å². The molecule has 0 aliphatic heterocycles. The van der Waals surface area contributed by atoms with Gasteiger partial charge in [-0.25, -0.2) is 0 Å². The molecule has 3 aromatic rings. The molecule has 0 aliphatic rings. The SMILES string of the molecule is COc1ccc(Cl)cc1NC(=O)COC(=O)CCC(=O)Nc1ccc(Oc2c(C)cccc2C)cc1. The van der Waals surface area contributed by atoms with Crippen LogP contribution in [0.5, 0.6) is 17.2 Å². The summed E-state index contributed by atoms with van der Waals surface area (Å²) < 4.78 is 16.1. The van der Waals surface area contributed by atoms with E-state index in [2.05, 4.69) is 10.6 Å². The van der Waals surface area contributed by atoms with Gasteiger partial charge in [-0.05, 0) is 67.4 Å². The number of anilines is 2. The van der Waals surface area contributed by atoms with Gasteiger partial charge >= 0.3 is 5.97 Å². The zero-order valence-electron chi connectivity index (χ0n) is 20.2. The molecule has 36 heavy (non-hydrogen) atoms. The number of nitrogens with one attached hydrogen (secondary N) is 2. The van der Waals surface area contributed by atoms with Gasteiger partial charge in [0, 0.05) is 17.1 Å². The van der Waals surface area contributed by atoms with Crippen LogP contribution in [-0.4, -0.2) is 31.5 Å². The fraction of sp³-hybridized carbons (Fsp3) is 0.222. The van der Waals surface area contributed by atoms with E-state index < -0.39 is 18.5 Å². The number of carbonyl (C=O) groups is 3. The van der Waals surface area contributed by atoms with Gasteiger partial charge in [0.05, 0.1) is 19.2 Å². The molecule has 0 aromatic heterocycles. The van der Waals surface area contributed by atoms with Crippen LogP contribution in [0.4, 0.5) is 11.4 Å². The van der Waals surface area contributed by atoms with Gasteiger partial charge in [-0.15, -0.1) is 0 Å². The van der Waals surface area contributed by atoms with Crippen molar-refractivity contribution in [2.45, 2.75) is 26.7 Å². The van der Waals surface area contributed by atoms with Gasteiger partial charge in [0.25, 0.3) is 5.91 Å². The van der Waals surface area contributed by atoms with E-state index in [4.69, 9.17) is 25.8 Å². The fourth-order valence-electron chi connectivity index (χ4n) is 3.31. The van der Waals surface area contributed by atoms with Gasteiger partial charge in [0.15, 0.2) is 6.61 Å². The lowest BCUT2D eigenvalue weighted by molar-refractivity contribution is -0.147. The highest BCUT2D eigenvalue weighted by molar-refractivity contribution is 6.31. The molecule has 3 rings (SSSR count). The molecule has 2 N–H and O–H groups in total. The molecule has 0 unspecified atom stereocenters. The van der Waals surface area contributed by atoms with E-state index in [-0.39, 0.29) is 18.7 Å². The van der Waals surface area contributed by atoms with Crippen LogP contribution in [0.25, 0.3) is 0 Å². The van der Waals surface area contributed by atoms with Crippen LogP contribution in [-0.2, 0) is 19.1 Å². The van der Waals surface area contributed by atoms with Crippen LogP contribution in [0.2, 0.25) is 5.02 Å². The number of methoxy groups -OCH3 is 1. The monoisotopic (exact) mass is 510 g/mol. The number of esters is 1. The number of carbonyl (C=O) groups excluding carboxylic acids is 3. The summed E-state index contributed by atoms with van der Waals surface area (Å²) in [7, 11) is 1.46. The van der Waals surface area contributed by atoms with Crippen molar-refractivity contribution in [2.24, 2.45) is 0 Å². The number of rotatable bonds is 10. The third kappa shape index (κ3) is 7.74.